The van der Waals surface area contributed by atoms with Gasteiger partial charge in [-0.1, -0.05) is 37.3 Å². The minimum Gasteiger partial charge on any atom is -0.445 e. The number of nitrogens with one attached hydrogen (secondary N) is 1. The maximum Gasteiger partial charge on any atom is 0.408 e. The molecule has 0 fully saturated rings. The third-order valence-electron chi connectivity index (χ3n) is 2.12. The monoisotopic (exact) mass is 221 g/mol. The van der Waals surface area contributed by atoms with Crippen molar-refractivity contribution in [3.63, 3.8) is 0 Å². The van der Waals surface area contributed by atoms with E-state index in [-0.39, 0.29) is 6.61 Å². The predicted octanol–water partition coefficient (Wildman–Crippen LogP) is 1.89. The van der Waals surface area contributed by atoms with Gasteiger partial charge in [0.05, 0.1) is 6.04 Å². The van der Waals surface area contributed by atoms with E-state index in [1.807, 2.05) is 37.3 Å². The molecule has 0 saturated heterocycles. The van der Waals surface area contributed by atoms with Crippen LogP contribution in [0.25, 0.3) is 0 Å². The molecular formula is C12H15NO3. The van der Waals surface area contributed by atoms with Crippen molar-refractivity contribution in [2.24, 2.45) is 0 Å². The molecule has 0 aliphatic heterocycles. The molecule has 4 heteroatoms. The Morgan fingerprint density at radius 1 is 1.44 bits per heavy atom. The lowest BCUT2D eigenvalue weighted by molar-refractivity contribution is -0.109. The number of hydrogen-bond acceptors (Lipinski definition) is 3. The molecular weight excluding hydrogens is 206 g/mol. The topological polar surface area (TPSA) is 55.4 Å². The van der Waals surface area contributed by atoms with Gasteiger partial charge in [-0.3, -0.25) is 0 Å². The van der Waals surface area contributed by atoms with E-state index in [1.165, 1.54) is 0 Å². The van der Waals surface area contributed by atoms with E-state index in [1.54, 1.807) is 0 Å². The third kappa shape index (κ3) is 4.13. The first-order valence-corrected chi connectivity index (χ1v) is 5.18. The Morgan fingerprint density at radius 2 is 2.12 bits per heavy atom. The Balaban J connectivity index is 2.33. The van der Waals surface area contributed by atoms with Crippen molar-refractivity contribution < 1.29 is 14.3 Å². The predicted molar refractivity (Wildman–Crippen MR) is 59.9 cm³/mol. The molecule has 0 bridgehead atoms. The Labute approximate surface area is 94.6 Å². The fourth-order valence-electron chi connectivity index (χ4n) is 1.15. The van der Waals surface area contributed by atoms with Crippen LogP contribution in [0.15, 0.2) is 30.3 Å². The number of hydrogen-bond donors (Lipinski definition) is 1. The van der Waals surface area contributed by atoms with Crippen molar-refractivity contribution in [3.8, 4) is 0 Å². The zero-order valence-electron chi connectivity index (χ0n) is 9.18. The van der Waals surface area contributed by atoms with E-state index in [9.17, 15) is 9.59 Å². The van der Waals surface area contributed by atoms with Crippen molar-refractivity contribution in [3.05, 3.63) is 35.9 Å². The van der Waals surface area contributed by atoms with Crippen molar-refractivity contribution in [2.75, 3.05) is 0 Å². The lowest BCUT2D eigenvalue weighted by Crippen LogP contribution is -2.35. The molecule has 1 unspecified atom stereocenters. The maximum atomic E-state index is 11.3. The Kier molecular flexibility index (Phi) is 5.05. The van der Waals surface area contributed by atoms with Gasteiger partial charge in [-0.15, -0.1) is 0 Å². The molecule has 0 spiro atoms. The summed E-state index contributed by atoms with van der Waals surface area (Å²) >= 11 is 0. The van der Waals surface area contributed by atoms with Crippen LogP contribution in [0.2, 0.25) is 0 Å². The molecule has 1 aromatic carbocycles. The van der Waals surface area contributed by atoms with Crippen molar-refractivity contribution in [1.29, 1.82) is 0 Å². The molecule has 1 rings (SSSR count). The number of carbonyl (C=O) groups excluding carboxylic acids is 2. The van der Waals surface area contributed by atoms with Crippen LogP contribution in [-0.2, 0) is 16.1 Å². The van der Waals surface area contributed by atoms with Gasteiger partial charge in [0.1, 0.15) is 12.9 Å². The van der Waals surface area contributed by atoms with Gasteiger partial charge >= 0.3 is 6.09 Å². The summed E-state index contributed by atoms with van der Waals surface area (Å²) in [5.74, 6) is 0. The fourth-order valence-corrected chi connectivity index (χ4v) is 1.15. The van der Waals surface area contributed by atoms with E-state index in [4.69, 9.17) is 4.74 Å². The molecule has 1 amide bonds. The quantitative estimate of drug-likeness (QED) is 0.772. The number of aldehydes is 1. The average molecular weight is 221 g/mol. The Hall–Kier alpha value is -1.84. The van der Waals surface area contributed by atoms with Crippen LogP contribution >= 0.6 is 0 Å². The van der Waals surface area contributed by atoms with Gasteiger partial charge < -0.3 is 14.8 Å². The van der Waals surface area contributed by atoms with Crippen LogP contribution in [0.3, 0.4) is 0 Å². The van der Waals surface area contributed by atoms with Gasteiger partial charge in [0.15, 0.2) is 0 Å². The average Bonchev–Trinajstić information content (AvgIpc) is 2.34. The number of ether oxygens (including phenoxy) is 1. The largest absolute Gasteiger partial charge is 0.445 e. The molecule has 1 N–H and O–H groups in total. The van der Waals surface area contributed by atoms with Gasteiger partial charge in [0, 0.05) is 0 Å². The highest BCUT2D eigenvalue weighted by atomic mass is 16.5. The summed E-state index contributed by atoms with van der Waals surface area (Å²) < 4.78 is 4.95. The van der Waals surface area contributed by atoms with E-state index < -0.39 is 12.1 Å². The highest BCUT2D eigenvalue weighted by molar-refractivity contribution is 5.72. The van der Waals surface area contributed by atoms with Crippen molar-refractivity contribution in [2.45, 2.75) is 26.0 Å². The molecule has 0 saturated carbocycles. The van der Waals surface area contributed by atoms with Crippen LogP contribution in [0, 0.1) is 0 Å². The van der Waals surface area contributed by atoms with Crippen LogP contribution in [0.4, 0.5) is 4.79 Å². The first kappa shape index (κ1) is 12.2. The lowest BCUT2D eigenvalue weighted by Gasteiger charge is -2.10. The summed E-state index contributed by atoms with van der Waals surface area (Å²) in [6.07, 6.45) is 0.691. The molecule has 0 aliphatic rings. The second-order valence-electron chi connectivity index (χ2n) is 3.36. The number of benzene rings is 1. The number of alkyl carbamates (subject to hydrolysis) is 1. The third-order valence-corrected chi connectivity index (χ3v) is 2.12. The van der Waals surface area contributed by atoms with Crippen molar-refractivity contribution >= 4 is 12.4 Å². The molecule has 4 nitrogen and oxygen atoms in total. The zero-order chi connectivity index (χ0) is 11.8. The van der Waals surface area contributed by atoms with Crippen LogP contribution in [0.5, 0.6) is 0 Å². The van der Waals surface area contributed by atoms with Crippen molar-refractivity contribution in [1.82, 2.24) is 5.32 Å². The molecule has 0 radical (unpaired) electrons. The van der Waals surface area contributed by atoms with E-state index in [2.05, 4.69) is 5.32 Å². The summed E-state index contributed by atoms with van der Waals surface area (Å²) in [4.78, 5) is 21.7. The SMILES string of the molecule is CCC(C=O)NC(=O)OCc1ccccc1. The second-order valence-corrected chi connectivity index (χ2v) is 3.36. The molecule has 0 heterocycles. The molecule has 0 aromatic heterocycles. The van der Waals surface area contributed by atoms with E-state index in [0.717, 1.165) is 5.56 Å². The standard InChI is InChI=1S/C12H15NO3/c1-2-11(8-14)13-12(15)16-9-10-6-4-3-5-7-10/h3-8,11H,2,9H2,1H3,(H,13,15). The highest BCUT2D eigenvalue weighted by Crippen LogP contribution is 2.00. The number of amides is 1. The Morgan fingerprint density at radius 3 is 2.69 bits per heavy atom. The summed E-state index contributed by atoms with van der Waals surface area (Å²) in [6, 6.07) is 8.90. The highest BCUT2D eigenvalue weighted by Gasteiger charge is 2.09. The first-order chi connectivity index (χ1) is 7.76. The minimum absolute atomic E-state index is 0.210. The van der Waals surface area contributed by atoms with Crippen LogP contribution in [0.1, 0.15) is 18.9 Å². The molecule has 1 aromatic rings. The van der Waals surface area contributed by atoms with Gasteiger partial charge in [-0.2, -0.15) is 0 Å². The fraction of sp³-hybridized carbons (Fsp3) is 0.333. The van der Waals surface area contributed by atoms with Gasteiger partial charge in [0.25, 0.3) is 0 Å². The maximum absolute atomic E-state index is 11.3. The van der Waals surface area contributed by atoms with Gasteiger partial charge in [-0.25, -0.2) is 4.79 Å². The summed E-state index contributed by atoms with van der Waals surface area (Å²) in [6.45, 7) is 2.03. The number of carbonyl (C=O) groups is 2. The Bertz CT molecular complexity index is 337. The summed E-state index contributed by atoms with van der Waals surface area (Å²) in [5, 5.41) is 2.46. The smallest absolute Gasteiger partial charge is 0.408 e. The zero-order valence-corrected chi connectivity index (χ0v) is 9.18. The lowest BCUT2D eigenvalue weighted by atomic mass is 10.2. The van der Waals surface area contributed by atoms with Crippen LogP contribution < -0.4 is 5.32 Å². The molecule has 0 aliphatic carbocycles. The van der Waals surface area contributed by atoms with E-state index >= 15 is 0 Å². The molecule has 1 atom stereocenters. The summed E-state index contributed by atoms with van der Waals surface area (Å²) in [7, 11) is 0. The summed E-state index contributed by atoms with van der Waals surface area (Å²) in [5.41, 5.74) is 0.914. The molecule has 86 valence electrons. The molecule has 16 heavy (non-hydrogen) atoms. The second kappa shape index (κ2) is 6.61. The van der Waals surface area contributed by atoms with Crippen LogP contribution in [-0.4, -0.2) is 18.4 Å². The first-order valence-electron chi connectivity index (χ1n) is 5.18. The van der Waals surface area contributed by atoms with E-state index in [0.29, 0.717) is 12.7 Å². The number of rotatable bonds is 5. The van der Waals surface area contributed by atoms with Gasteiger partial charge in [-0.05, 0) is 12.0 Å². The minimum atomic E-state index is -0.567. The van der Waals surface area contributed by atoms with Gasteiger partial charge in [0.2, 0.25) is 0 Å². The normalized spacial score (nSPS) is 11.6.